The van der Waals surface area contributed by atoms with Gasteiger partial charge in [0, 0.05) is 36.7 Å². The summed E-state index contributed by atoms with van der Waals surface area (Å²) in [5, 5.41) is 5.07. The van der Waals surface area contributed by atoms with E-state index in [1.54, 1.807) is 11.6 Å². The Kier molecular flexibility index (Phi) is 4.84. The second-order valence-corrected chi connectivity index (χ2v) is 6.41. The summed E-state index contributed by atoms with van der Waals surface area (Å²) in [6.07, 6.45) is 2.59. The summed E-state index contributed by atoms with van der Waals surface area (Å²) < 4.78 is 26.7. The molecular formula is C16H15F2N3O2S. The van der Waals surface area contributed by atoms with E-state index >= 15 is 0 Å². The lowest BCUT2D eigenvalue weighted by Gasteiger charge is -2.31. The number of benzene rings is 1. The highest BCUT2D eigenvalue weighted by Gasteiger charge is 2.29. The van der Waals surface area contributed by atoms with Crippen LogP contribution in [-0.2, 0) is 4.79 Å². The van der Waals surface area contributed by atoms with Crippen LogP contribution < -0.4 is 5.32 Å². The van der Waals surface area contributed by atoms with Gasteiger partial charge in [0.25, 0.3) is 5.91 Å². The smallest absolute Gasteiger partial charge is 0.256 e. The SMILES string of the molecule is O=C(Nc1nccs1)C1CCN(C(=O)c2ccc(F)cc2F)CC1. The minimum atomic E-state index is -0.872. The minimum Gasteiger partial charge on any atom is -0.339 e. The quantitative estimate of drug-likeness (QED) is 0.925. The number of amides is 2. The van der Waals surface area contributed by atoms with E-state index in [1.165, 1.54) is 16.2 Å². The maximum absolute atomic E-state index is 13.7. The molecule has 2 amide bonds. The topological polar surface area (TPSA) is 62.3 Å². The Morgan fingerprint density at radius 1 is 1.25 bits per heavy atom. The van der Waals surface area contributed by atoms with Gasteiger partial charge in [-0.3, -0.25) is 9.59 Å². The molecule has 2 aromatic rings. The number of piperidine rings is 1. The number of thiazole rings is 1. The first-order chi connectivity index (χ1) is 11.5. The number of anilines is 1. The number of hydrogen-bond donors (Lipinski definition) is 1. The molecule has 1 aromatic heterocycles. The molecule has 0 spiro atoms. The van der Waals surface area contributed by atoms with Crippen LogP contribution in [0.2, 0.25) is 0 Å². The van der Waals surface area contributed by atoms with Gasteiger partial charge in [0.05, 0.1) is 5.56 Å². The van der Waals surface area contributed by atoms with E-state index in [2.05, 4.69) is 10.3 Å². The minimum absolute atomic E-state index is 0.120. The first-order valence-corrected chi connectivity index (χ1v) is 8.37. The van der Waals surface area contributed by atoms with Gasteiger partial charge in [-0.25, -0.2) is 13.8 Å². The van der Waals surface area contributed by atoms with Crippen LogP contribution in [0.4, 0.5) is 13.9 Å². The molecule has 1 fully saturated rings. The van der Waals surface area contributed by atoms with E-state index < -0.39 is 17.5 Å². The van der Waals surface area contributed by atoms with Crippen molar-refractivity contribution in [3.8, 4) is 0 Å². The van der Waals surface area contributed by atoms with Gasteiger partial charge in [0.1, 0.15) is 11.6 Å². The third-order valence-electron chi connectivity index (χ3n) is 3.98. The number of rotatable bonds is 3. The molecule has 24 heavy (non-hydrogen) atoms. The van der Waals surface area contributed by atoms with E-state index in [1.807, 2.05) is 0 Å². The molecule has 0 aliphatic carbocycles. The van der Waals surface area contributed by atoms with Gasteiger partial charge in [-0.05, 0) is 25.0 Å². The van der Waals surface area contributed by atoms with Crippen molar-refractivity contribution in [1.29, 1.82) is 0 Å². The standard InChI is InChI=1S/C16H15F2N3O2S/c17-11-1-2-12(13(18)9-11)15(23)21-6-3-10(4-7-21)14(22)20-16-19-5-8-24-16/h1-2,5,8-10H,3-4,6-7H2,(H,19,20,22). The van der Waals surface area contributed by atoms with Gasteiger partial charge >= 0.3 is 0 Å². The lowest BCUT2D eigenvalue weighted by molar-refractivity contribution is -0.121. The number of carbonyl (C=O) groups is 2. The number of likely N-dealkylation sites (tertiary alicyclic amines) is 1. The summed E-state index contributed by atoms with van der Waals surface area (Å²) in [5.41, 5.74) is -0.151. The van der Waals surface area contributed by atoms with Crippen molar-refractivity contribution in [2.24, 2.45) is 5.92 Å². The van der Waals surface area contributed by atoms with Crippen LogP contribution in [0.5, 0.6) is 0 Å². The van der Waals surface area contributed by atoms with Crippen LogP contribution in [-0.4, -0.2) is 34.8 Å². The molecule has 2 heterocycles. The van der Waals surface area contributed by atoms with Gasteiger partial charge < -0.3 is 10.2 Å². The Labute approximate surface area is 141 Å². The highest BCUT2D eigenvalue weighted by Crippen LogP contribution is 2.22. The fourth-order valence-corrected chi connectivity index (χ4v) is 3.20. The summed E-state index contributed by atoms with van der Waals surface area (Å²) in [7, 11) is 0. The normalized spacial score (nSPS) is 15.3. The fourth-order valence-electron chi connectivity index (χ4n) is 2.67. The fraction of sp³-hybridized carbons (Fsp3) is 0.312. The molecule has 0 atom stereocenters. The monoisotopic (exact) mass is 351 g/mol. The van der Waals surface area contributed by atoms with Crippen molar-refractivity contribution in [2.75, 3.05) is 18.4 Å². The highest BCUT2D eigenvalue weighted by molar-refractivity contribution is 7.13. The largest absolute Gasteiger partial charge is 0.339 e. The second-order valence-electron chi connectivity index (χ2n) is 5.52. The molecule has 1 aliphatic heterocycles. The van der Waals surface area contributed by atoms with Gasteiger partial charge in [-0.15, -0.1) is 11.3 Å². The van der Waals surface area contributed by atoms with Gasteiger partial charge in [-0.1, -0.05) is 0 Å². The summed E-state index contributed by atoms with van der Waals surface area (Å²) in [6.45, 7) is 0.706. The van der Waals surface area contributed by atoms with Crippen LogP contribution in [0.15, 0.2) is 29.8 Å². The number of hydrogen-bond acceptors (Lipinski definition) is 4. The zero-order valence-corrected chi connectivity index (χ0v) is 13.5. The van der Waals surface area contributed by atoms with E-state index in [4.69, 9.17) is 0 Å². The second kappa shape index (κ2) is 7.04. The van der Waals surface area contributed by atoms with Gasteiger partial charge in [-0.2, -0.15) is 0 Å². The molecule has 3 rings (SSSR count). The first kappa shape index (κ1) is 16.5. The van der Waals surface area contributed by atoms with Crippen molar-refractivity contribution in [2.45, 2.75) is 12.8 Å². The molecule has 1 saturated heterocycles. The predicted octanol–water partition coefficient (Wildman–Crippen LogP) is 2.91. The number of aromatic nitrogens is 1. The first-order valence-electron chi connectivity index (χ1n) is 7.49. The van der Waals surface area contributed by atoms with Crippen molar-refractivity contribution in [3.05, 3.63) is 47.0 Å². The predicted molar refractivity (Wildman–Crippen MR) is 85.7 cm³/mol. The van der Waals surface area contributed by atoms with E-state index in [0.717, 1.165) is 12.1 Å². The Morgan fingerprint density at radius 3 is 2.62 bits per heavy atom. The zero-order valence-electron chi connectivity index (χ0n) is 12.7. The number of carbonyl (C=O) groups excluding carboxylic acids is 2. The molecule has 0 radical (unpaired) electrons. The van der Waals surface area contributed by atoms with Crippen LogP contribution in [0, 0.1) is 17.6 Å². The zero-order chi connectivity index (χ0) is 17.1. The van der Waals surface area contributed by atoms with Crippen molar-refractivity contribution in [3.63, 3.8) is 0 Å². The highest BCUT2D eigenvalue weighted by atomic mass is 32.1. The average molecular weight is 351 g/mol. The Morgan fingerprint density at radius 2 is 2.00 bits per heavy atom. The summed E-state index contributed by atoms with van der Waals surface area (Å²) in [6, 6.07) is 2.90. The Bertz CT molecular complexity index is 744. The van der Waals surface area contributed by atoms with E-state index in [0.29, 0.717) is 37.1 Å². The molecule has 0 unspecified atom stereocenters. The van der Waals surface area contributed by atoms with E-state index in [9.17, 15) is 18.4 Å². The molecule has 0 bridgehead atoms. The molecule has 126 valence electrons. The van der Waals surface area contributed by atoms with Gasteiger partial charge in [0.15, 0.2) is 5.13 Å². The third kappa shape index (κ3) is 3.59. The van der Waals surface area contributed by atoms with Crippen molar-refractivity contribution >= 4 is 28.3 Å². The average Bonchev–Trinajstić information content (AvgIpc) is 3.07. The molecular weight excluding hydrogens is 336 g/mol. The summed E-state index contributed by atoms with van der Waals surface area (Å²) in [5.74, 6) is -2.41. The number of nitrogens with one attached hydrogen (secondary N) is 1. The number of nitrogens with zero attached hydrogens (tertiary/aromatic N) is 2. The Balaban J connectivity index is 1.58. The molecule has 1 aliphatic rings. The van der Waals surface area contributed by atoms with Crippen LogP contribution in [0.3, 0.4) is 0 Å². The molecule has 1 aromatic carbocycles. The van der Waals surface area contributed by atoms with Gasteiger partial charge in [0.2, 0.25) is 5.91 Å². The van der Waals surface area contributed by atoms with Crippen molar-refractivity contribution in [1.82, 2.24) is 9.88 Å². The lowest BCUT2D eigenvalue weighted by Crippen LogP contribution is -2.41. The summed E-state index contributed by atoms with van der Waals surface area (Å²) in [4.78, 5) is 30.0. The van der Waals surface area contributed by atoms with Crippen LogP contribution >= 0.6 is 11.3 Å². The maximum atomic E-state index is 13.7. The maximum Gasteiger partial charge on any atom is 0.256 e. The Hall–Kier alpha value is -2.35. The molecule has 5 nitrogen and oxygen atoms in total. The number of halogens is 2. The molecule has 0 saturated carbocycles. The lowest BCUT2D eigenvalue weighted by atomic mass is 9.95. The molecule has 8 heteroatoms. The van der Waals surface area contributed by atoms with Crippen LogP contribution in [0.25, 0.3) is 0 Å². The molecule has 1 N–H and O–H groups in total. The van der Waals surface area contributed by atoms with Crippen molar-refractivity contribution < 1.29 is 18.4 Å². The summed E-state index contributed by atoms with van der Waals surface area (Å²) >= 11 is 1.34. The third-order valence-corrected chi connectivity index (χ3v) is 4.67. The van der Waals surface area contributed by atoms with E-state index in [-0.39, 0.29) is 17.4 Å². The van der Waals surface area contributed by atoms with Crippen LogP contribution in [0.1, 0.15) is 23.2 Å².